The van der Waals surface area contributed by atoms with Crippen LogP contribution in [0.5, 0.6) is 11.5 Å². The molecule has 1 saturated heterocycles. The van der Waals surface area contributed by atoms with Crippen LogP contribution in [0.25, 0.3) is 0 Å². The normalized spacial score (nSPS) is 21.8. The van der Waals surface area contributed by atoms with Crippen molar-refractivity contribution in [1.82, 2.24) is 0 Å². The van der Waals surface area contributed by atoms with E-state index in [-0.39, 0.29) is 13.2 Å². The molecule has 9 heteroatoms. The highest BCUT2D eigenvalue weighted by Crippen LogP contribution is 2.30. The number of methoxy groups -OCH3 is 2. The molecule has 1 aliphatic heterocycles. The van der Waals surface area contributed by atoms with E-state index in [0.717, 1.165) is 5.56 Å². The highest BCUT2D eigenvalue weighted by Gasteiger charge is 2.39. The molecule has 0 amide bonds. The molecule has 0 unspecified atom stereocenters. The Balaban J connectivity index is 1.78. The SMILES string of the molecule is C=C[C@@H]1O[C@H](c2ccc(Cl)cc2)OC[C@H]1O[C@@H](C(=O)OC)[C@@H](/C=C/CO)Oc1ccc(OC)cc1. The van der Waals surface area contributed by atoms with E-state index in [1.807, 2.05) is 12.1 Å². The minimum Gasteiger partial charge on any atom is -0.497 e. The first-order chi connectivity index (χ1) is 17.0. The number of carbonyl (C=O) groups is 1. The molecule has 1 aliphatic rings. The van der Waals surface area contributed by atoms with E-state index in [1.54, 1.807) is 49.6 Å². The Morgan fingerprint density at radius 1 is 1.17 bits per heavy atom. The van der Waals surface area contributed by atoms with Gasteiger partial charge in [-0.05, 0) is 42.5 Å². The molecule has 8 nitrogen and oxygen atoms in total. The van der Waals surface area contributed by atoms with Crippen LogP contribution in [-0.4, -0.2) is 62.9 Å². The van der Waals surface area contributed by atoms with Gasteiger partial charge in [-0.15, -0.1) is 6.58 Å². The lowest BCUT2D eigenvalue weighted by atomic mass is 10.1. The van der Waals surface area contributed by atoms with E-state index in [4.69, 9.17) is 40.0 Å². The van der Waals surface area contributed by atoms with Gasteiger partial charge < -0.3 is 33.5 Å². The summed E-state index contributed by atoms with van der Waals surface area (Å²) in [7, 11) is 2.82. The third-order valence-corrected chi connectivity index (χ3v) is 5.50. The predicted molar refractivity (Wildman–Crippen MR) is 130 cm³/mol. The summed E-state index contributed by atoms with van der Waals surface area (Å²) in [5, 5.41) is 9.91. The molecule has 5 atom stereocenters. The molecule has 1 fully saturated rings. The maximum atomic E-state index is 12.7. The number of aliphatic hydroxyl groups excluding tert-OH is 1. The summed E-state index contributed by atoms with van der Waals surface area (Å²) in [6.45, 7) is 3.72. The lowest BCUT2D eigenvalue weighted by Crippen LogP contribution is -2.49. The van der Waals surface area contributed by atoms with Crippen molar-refractivity contribution in [2.75, 3.05) is 27.4 Å². The van der Waals surface area contributed by atoms with Gasteiger partial charge in [0.05, 0.1) is 27.4 Å². The smallest absolute Gasteiger partial charge is 0.339 e. The molecule has 0 radical (unpaired) electrons. The van der Waals surface area contributed by atoms with Crippen LogP contribution in [0, 0.1) is 0 Å². The number of esters is 1. The zero-order valence-electron chi connectivity index (χ0n) is 19.5. The molecule has 188 valence electrons. The first-order valence-corrected chi connectivity index (χ1v) is 11.3. The van der Waals surface area contributed by atoms with Gasteiger partial charge in [0.25, 0.3) is 0 Å². The largest absolute Gasteiger partial charge is 0.497 e. The summed E-state index contributed by atoms with van der Waals surface area (Å²) in [6.07, 6.45) is 0.586. The number of hydrogen-bond acceptors (Lipinski definition) is 8. The first kappa shape index (κ1) is 26.7. The number of hydrogen-bond donors (Lipinski definition) is 1. The van der Waals surface area contributed by atoms with Crippen LogP contribution in [0.15, 0.2) is 73.3 Å². The Bertz CT molecular complexity index is 976. The molecule has 0 bridgehead atoms. The topological polar surface area (TPSA) is 92.7 Å². The summed E-state index contributed by atoms with van der Waals surface area (Å²) in [5.74, 6) is 0.463. The van der Waals surface area contributed by atoms with Crippen molar-refractivity contribution in [2.45, 2.75) is 30.7 Å². The van der Waals surface area contributed by atoms with E-state index >= 15 is 0 Å². The number of ether oxygens (including phenoxy) is 6. The van der Waals surface area contributed by atoms with Gasteiger partial charge in [-0.2, -0.15) is 0 Å². The van der Waals surface area contributed by atoms with Crippen LogP contribution in [0.4, 0.5) is 0 Å². The first-order valence-electron chi connectivity index (χ1n) is 11.0. The Labute approximate surface area is 209 Å². The lowest BCUT2D eigenvalue weighted by molar-refractivity contribution is -0.263. The predicted octanol–water partition coefficient (Wildman–Crippen LogP) is 3.87. The van der Waals surface area contributed by atoms with E-state index in [1.165, 1.54) is 19.3 Å². The number of aliphatic hydroxyl groups is 1. The second kappa shape index (κ2) is 13.3. The molecule has 0 saturated carbocycles. The van der Waals surface area contributed by atoms with E-state index < -0.39 is 36.7 Å². The minimum absolute atomic E-state index is 0.121. The minimum atomic E-state index is -1.18. The molecular formula is C26H29ClO8. The molecule has 2 aromatic rings. The molecule has 0 aromatic heterocycles. The number of benzene rings is 2. The molecular weight excluding hydrogens is 476 g/mol. The molecule has 0 aliphatic carbocycles. The Kier molecular flexibility index (Phi) is 10.1. The highest BCUT2D eigenvalue weighted by atomic mass is 35.5. The van der Waals surface area contributed by atoms with Crippen molar-refractivity contribution in [3.8, 4) is 11.5 Å². The summed E-state index contributed by atoms with van der Waals surface area (Å²) in [6, 6.07) is 14.0. The fourth-order valence-corrected chi connectivity index (χ4v) is 3.57. The average molecular weight is 505 g/mol. The molecule has 2 aromatic carbocycles. The molecule has 0 spiro atoms. The van der Waals surface area contributed by atoms with Crippen LogP contribution in [0.3, 0.4) is 0 Å². The monoisotopic (exact) mass is 504 g/mol. The van der Waals surface area contributed by atoms with Crippen molar-refractivity contribution in [3.05, 3.63) is 83.9 Å². The van der Waals surface area contributed by atoms with Gasteiger partial charge >= 0.3 is 5.97 Å². The average Bonchev–Trinajstić information content (AvgIpc) is 2.90. The van der Waals surface area contributed by atoms with Crippen LogP contribution in [0.2, 0.25) is 5.02 Å². The highest BCUT2D eigenvalue weighted by molar-refractivity contribution is 6.30. The van der Waals surface area contributed by atoms with Crippen LogP contribution >= 0.6 is 11.6 Å². The van der Waals surface area contributed by atoms with Crippen LogP contribution in [0.1, 0.15) is 11.9 Å². The molecule has 1 N–H and O–H groups in total. The van der Waals surface area contributed by atoms with Crippen molar-refractivity contribution in [1.29, 1.82) is 0 Å². The Morgan fingerprint density at radius 3 is 2.46 bits per heavy atom. The van der Waals surface area contributed by atoms with Crippen molar-refractivity contribution in [2.24, 2.45) is 0 Å². The lowest BCUT2D eigenvalue weighted by Gasteiger charge is -2.37. The fraction of sp³-hybridized carbons (Fsp3) is 0.346. The van der Waals surface area contributed by atoms with Crippen molar-refractivity contribution in [3.63, 3.8) is 0 Å². The standard InChI is InChI=1S/C26H29ClO8/c1-4-21-23(16-32-26(35-21)17-7-9-18(27)10-8-17)34-24(25(29)31-3)22(6-5-15-28)33-20-13-11-19(30-2)12-14-20/h4-14,21-24,26,28H,1,15-16H2,2-3H3/b6-5+/t21-,22+,23+,24+,26+/m0/s1. The molecule has 35 heavy (non-hydrogen) atoms. The van der Waals surface area contributed by atoms with Gasteiger partial charge in [0.2, 0.25) is 0 Å². The molecule has 1 heterocycles. The molecule has 3 rings (SSSR count). The van der Waals surface area contributed by atoms with Gasteiger partial charge in [0.1, 0.15) is 23.7 Å². The van der Waals surface area contributed by atoms with E-state index in [0.29, 0.717) is 16.5 Å². The summed E-state index contributed by atoms with van der Waals surface area (Å²) < 4.78 is 34.2. The number of carbonyl (C=O) groups excluding carboxylic acids is 1. The van der Waals surface area contributed by atoms with Crippen molar-refractivity contribution < 1.29 is 38.3 Å². The Morgan fingerprint density at radius 2 is 1.86 bits per heavy atom. The van der Waals surface area contributed by atoms with Gasteiger partial charge in [-0.1, -0.05) is 35.9 Å². The summed E-state index contributed by atoms with van der Waals surface area (Å²) >= 11 is 5.97. The van der Waals surface area contributed by atoms with Gasteiger partial charge in [-0.25, -0.2) is 4.79 Å². The van der Waals surface area contributed by atoms with Crippen LogP contribution < -0.4 is 9.47 Å². The zero-order chi connectivity index (χ0) is 25.2. The zero-order valence-corrected chi connectivity index (χ0v) is 20.3. The number of rotatable bonds is 11. The third-order valence-electron chi connectivity index (χ3n) is 5.25. The maximum absolute atomic E-state index is 12.7. The summed E-state index contributed by atoms with van der Waals surface area (Å²) in [4.78, 5) is 12.7. The van der Waals surface area contributed by atoms with Gasteiger partial charge in [-0.3, -0.25) is 0 Å². The summed E-state index contributed by atoms with van der Waals surface area (Å²) in [5.41, 5.74) is 0.788. The fourth-order valence-electron chi connectivity index (χ4n) is 3.45. The second-order valence-electron chi connectivity index (χ2n) is 7.54. The maximum Gasteiger partial charge on any atom is 0.339 e. The third kappa shape index (κ3) is 7.30. The second-order valence-corrected chi connectivity index (χ2v) is 7.98. The van der Waals surface area contributed by atoms with E-state index in [9.17, 15) is 9.90 Å². The quantitative estimate of drug-likeness (QED) is 0.364. The van der Waals surface area contributed by atoms with E-state index in [2.05, 4.69) is 6.58 Å². The van der Waals surface area contributed by atoms with Crippen LogP contribution in [-0.2, 0) is 23.7 Å². The van der Waals surface area contributed by atoms with Gasteiger partial charge in [0, 0.05) is 10.6 Å². The number of halogens is 1. The van der Waals surface area contributed by atoms with Crippen molar-refractivity contribution >= 4 is 17.6 Å². The Hall–Kier alpha value is -2.88. The van der Waals surface area contributed by atoms with Gasteiger partial charge in [0.15, 0.2) is 18.5 Å².